The van der Waals surface area contributed by atoms with Gasteiger partial charge in [-0.05, 0) is 58.7 Å². The molecule has 2 aromatic carbocycles. The van der Waals surface area contributed by atoms with Crippen LogP contribution < -0.4 is 9.47 Å². The SMILES string of the molecule is CCOc1ccc(CN(C)S(=O)(=O)c2cc(Br)ccc2Br)cc1OC. The van der Waals surface area contributed by atoms with Crippen molar-refractivity contribution >= 4 is 41.9 Å². The third kappa shape index (κ3) is 4.75. The van der Waals surface area contributed by atoms with Gasteiger partial charge in [-0.1, -0.05) is 22.0 Å². The lowest BCUT2D eigenvalue weighted by atomic mass is 10.2. The molecule has 5 nitrogen and oxygen atoms in total. The van der Waals surface area contributed by atoms with Crippen molar-refractivity contribution in [1.82, 2.24) is 4.31 Å². The van der Waals surface area contributed by atoms with Crippen LogP contribution in [0.15, 0.2) is 50.2 Å². The maximum Gasteiger partial charge on any atom is 0.244 e. The molecule has 0 heterocycles. The Balaban J connectivity index is 2.29. The van der Waals surface area contributed by atoms with E-state index in [0.717, 1.165) is 5.56 Å². The van der Waals surface area contributed by atoms with Crippen LogP contribution in [0.3, 0.4) is 0 Å². The van der Waals surface area contributed by atoms with Gasteiger partial charge in [0.05, 0.1) is 18.6 Å². The number of benzene rings is 2. The summed E-state index contributed by atoms with van der Waals surface area (Å²) in [4.78, 5) is 0.210. The van der Waals surface area contributed by atoms with Crippen LogP contribution >= 0.6 is 31.9 Å². The normalized spacial score (nSPS) is 11.6. The average Bonchev–Trinajstić information content (AvgIpc) is 2.58. The topological polar surface area (TPSA) is 55.8 Å². The van der Waals surface area contributed by atoms with E-state index in [1.54, 1.807) is 44.5 Å². The number of hydrogen-bond donors (Lipinski definition) is 0. The molecular weight excluding hydrogens is 474 g/mol. The van der Waals surface area contributed by atoms with Gasteiger partial charge < -0.3 is 9.47 Å². The Hall–Kier alpha value is -1.09. The summed E-state index contributed by atoms with van der Waals surface area (Å²) in [6.45, 7) is 2.63. The van der Waals surface area contributed by atoms with Gasteiger partial charge in [0.15, 0.2) is 11.5 Å². The number of nitrogens with zero attached hydrogens (tertiary/aromatic N) is 1. The minimum Gasteiger partial charge on any atom is -0.493 e. The highest BCUT2D eigenvalue weighted by Gasteiger charge is 2.24. The van der Waals surface area contributed by atoms with Crippen molar-refractivity contribution in [2.24, 2.45) is 0 Å². The van der Waals surface area contributed by atoms with Crippen molar-refractivity contribution in [2.75, 3.05) is 20.8 Å². The number of halogens is 2. The molecule has 0 spiro atoms. The first-order chi connectivity index (χ1) is 11.8. The van der Waals surface area contributed by atoms with Gasteiger partial charge in [-0.25, -0.2) is 8.42 Å². The van der Waals surface area contributed by atoms with Crippen LogP contribution in [0, 0.1) is 0 Å². The number of hydrogen-bond acceptors (Lipinski definition) is 4. The molecule has 0 aliphatic heterocycles. The highest BCUT2D eigenvalue weighted by atomic mass is 79.9. The summed E-state index contributed by atoms with van der Waals surface area (Å²) in [5.74, 6) is 1.21. The minimum atomic E-state index is -3.65. The van der Waals surface area contributed by atoms with Gasteiger partial charge in [-0.15, -0.1) is 0 Å². The molecule has 136 valence electrons. The number of ether oxygens (including phenoxy) is 2. The third-order valence-corrected chi connectivity index (χ3v) is 6.81. The molecule has 0 aliphatic rings. The summed E-state index contributed by atoms with van der Waals surface area (Å²) in [5, 5.41) is 0. The molecule has 8 heteroatoms. The fourth-order valence-electron chi connectivity index (χ4n) is 2.27. The lowest BCUT2D eigenvalue weighted by Gasteiger charge is -2.19. The highest BCUT2D eigenvalue weighted by molar-refractivity contribution is 9.11. The first-order valence-corrected chi connectivity index (χ1v) is 10.5. The smallest absolute Gasteiger partial charge is 0.244 e. The second kappa shape index (κ2) is 8.53. The van der Waals surface area contributed by atoms with E-state index in [9.17, 15) is 8.42 Å². The standard InChI is InChI=1S/C17H19Br2NO4S/c1-4-24-15-8-5-12(9-16(15)23-3)11-20(2)25(21,22)17-10-13(18)6-7-14(17)19/h5-10H,4,11H2,1-3H3. The zero-order valence-corrected chi connectivity index (χ0v) is 18.1. The van der Waals surface area contributed by atoms with Gasteiger partial charge in [-0.3, -0.25) is 0 Å². The molecule has 2 aromatic rings. The molecule has 0 radical (unpaired) electrons. The van der Waals surface area contributed by atoms with Gasteiger partial charge in [0, 0.05) is 22.5 Å². The maximum atomic E-state index is 12.9. The van der Waals surface area contributed by atoms with Crippen molar-refractivity contribution < 1.29 is 17.9 Å². The molecular formula is C17H19Br2NO4S. The Kier molecular flexibility index (Phi) is 6.90. The average molecular weight is 493 g/mol. The van der Waals surface area contributed by atoms with Crippen LogP contribution in [0.25, 0.3) is 0 Å². The van der Waals surface area contributed by atoms with Crippen molar-refractivity contribution in [3.63, 3.8) is 0 Å². The highest BCUT2D eigenvalue weighted by Crippen LogP contribution is 2.31. The predicted molar refractivity (Wildman–Crippen MR) is 105 cm³/mol. The predicted octanol–water partition coefficient (Wildman–Crippen LogP) is 4.44. The number of sulfonamides is 1. The minimum absolute atomic E-state index is 0.210. The molecule has 0 atom stereocenters. The molecule has 0 bridgehead atoms. The Labute approximate surface area is 165 Å². The van der Waals surface area contributed by atoms with Crippen LogP contribution in [0.4, 0.5) is 0 Å². The van der Waals surface area contributed by atoms with Crippen molar-refractivity contribution in [1.29, 1.82) is 0 Å². The van der Waals surface area contributed by atoms with E-state index < -0.39 is 10.0 Å². The van der Waals surface area contributed by atoms with Crippen LogP contribution in [0.5, 0.6) is 11.5 Å². The van der Waals surface area contributed by atoms with Crippen molar-refractivity contribution in [3.8, 4) is 11.5 Å². The van der Waals surface area contributed by atoms with Gasteiger partial charge in [-0.2, -0.15) is 4.31 Å². The Bertz CT molecular complexity index is 856. The van der Waals surface area contributed by atoms with Crippen molar-refractivity contribution in [2.45, 2.75) is 18.4 Å². The summed E-state index contributed by atoms with van der Waals surface area (Å²) in [5.41, 5.74) is 0.803. The fourth-order valence-corrected chi connectivity index (χ4v) is 4.89. The van der Waals surface area contributed by atoms with Crippen molar-refractivity contribution in [3.05, 3.63) is 50.9 Å². The quantitative estimate of drug-likeness (QED) is 0.573. The van der Waals surface area contributed by atoms with E-state index in [1.807, 2.05) is 13.0 Å². The second-order valence-corrected chi connectivity index (χ2v) is 9.04. The molecule has 0 aliphatic carbocycles. The molecule has 0 saturated carbocycles. The van der Waals surface area contributed by atoms with Crippen LogP contribution in [0.2, 0.25) is 0 Å². The summed E-state index contributed by atoms with van der Waals surface area (Å²) in [6.07, 6.45) is 0. The van der Waals surface area contributed by atoms with E-state index in [-0.39, 0.29) is 11.4 Å². The van der Waals surface area contributed by atoms with Crippen LogP contribution in [0.1, 0.15) is 12.5 Å². The molecule has 2 rings (SSSR count). The Morgan fingerprint density at radius 1 is 1.08 bits per heavy atom. The lowest BCUT2D eigenvalue weighted by Crippen LogP contribution is -2.26. The zero-order valence-electron chi connectivity index (χ0n) is 14.1. The molecule has 0 amide bonds. The Morgan fingerprint density at radius 2 is 1.80 bits per heavy atom. The number of methoxy groups -OCH3 is 1. The Morgan fingerprint density at radius 3 is 2.44 bits per heavy atom. The zero-order chi connectivity index (χ0) is 18.6. The fraction of sp³-hybridized carbons (Fsp3) is 0.294. The summed E-state index contributed by atoms with van der Waals surface area (Å²) in [7, 11) is -0.542. The molecule has 0 aromatic heterocycles. The molecule has 0 unspecified atom stereocenters. The van der Waals surface area contributed by atoms with Crippen LogP contribution in [-0.4, -0.2) is 33.5 Å². The molecule has 0 saturated heterocycles. The van der Waals surface area contributed by atoms with Crippen LogP contribution in [-0.2, 0) is 16.6 Å². The van der Waals surface area contributed by atoms with E-state index in [2.05, 4.69) is 31.9 Å². The largest absolute Gasteiger partial charge is 0.493 e. The summed E-state index contributed by atoms with van der Waals surface area (Å²) < 4.78 is 39.0. The van der Waals surface area contributed by atoms with Gasteiger partial charge in [0.25, 0.3) is 0 Å². The van der Waals surface area contributed by atoms with E-state index in [4.69, 9.17) is 9.47 Å². The van der Waals surface area contributed by atoms with Gasteiger partial charge in [0.2, 0.25) is 10.0 Å². The molecule has 25 heavy (non-hydrogen) atoms. The van der Waals surface area contributed by atoms with Gasteiger partial charge >= 0.3 is 0 Å². The molecule has 0 N–H and O–H groups in total. The summed E-state index contributed by atoms with van der Waals surface area (Å²) >= 11 is 6.62. The first-order valence-electron chi connectivity index (χ1n) is 7.50. The third-order valence-electron chi connectivity index (χ3n) is 3.51. The second-order valence-electron chi connectivity index (χ2n) is 5.25. The number of rotatable bonds is 7. The van der Waals surface area contributed by atoms with E-state index in [1.165, 1.54) is 4.31 Å². The summed E-state index contributed by atoms with van der Waals surface area (Å²) in [6, 6.07) is 10.5. The maximum absolute atomic E-state index is 12.9. The molecule has 0 fully saturated rings. The van der Waals surface area contributed by atoms with E-state index in [0.29, 0.717) is 27.1 Å². The van der Waals surface area contributed by atoms with E-state index >= 15 is 0 Å². The van der Waals surface area contributed by atoms with Gasteiger partial charge in [0.1, 0.15) is 0 Å². The monoisotopic (exact) mass is 491 g/mol. The lowest BCUT2D eigenvalue weighted by molar-refractivity contribution is 0.310. The first kappa shape index (κ1) is 20.2.